The quantitative estimate of drug-likeness (QED) is 0.784. The Morgan fingerprint density at radius 2 is 2.00 bits per heavy atom. The van der Waals surface area contributed by atoms with Gasteiger partial charge in [-0.1, -0.05) is 30.3 Å². The van der Waals surface area contributed by atoms with Crippen molar-refractivity contribution in [3.63, 3.8) is 0 Å². The van der Waals surface area contributed by atoms with Crippen LogP contribution >= 0.6 is 0 Å². The van der Waals surface area contributed by atoms with Crippen LogP contribution in [0.1, 0.15) is 24.8 Å². The summed E-state index contributed by atoms with van der Waals surface area (Å²) in [6.07, 6.45) is 1.93. The lowest BCUT2D eigenvalue weighted by Gasteiger charge is -2.07. The minimum atomic E-state index is -0.888. The van der Waals surface area contributed by atoms with Crippen LogP contribution < -0.4 is 0 Å². The van der Waals surface area contributed by atoms with E-state index < -0.39 is 10.8 Å². The first-order valence-corrected chi connectivity index (χ1v) is 6.57. The molecule has 0 aliphatic heterocycles. The van der Waals surface area contributed by atoms with Gasteiger partial charge in [-0.25, -0.2) is 0 Å². The first kappa shape index (κ1) is 10.6. The van der Waals surface area contributed by atoms with E-state index >= 15 is 0 Å². The van der Waals surface area contributed by atoms with Crippen LogP contribution in [0.4, 0.5) is 0 Å². The Balaban J connectivity index is 1.96. The van der Waals surface area contributed by atoms with E-state index in [1.165, 1.54) is 0 Å². The van der Waals surface area contributed by atoms with Crippen molar-refractivity contribution in [2.75, 3.05) is 0 Å². The lowest BCUT2D eigenvalue weighted by Crippen LogP contribution is -2.13. The molecule has 0 saturated heterocycles. The number of ketones is 1. The molecule has 1 fully saturated rings. The maximum atomic E-state index is 11.9. The van der Waals surface area contributed by atoms with Crippen molar-refractivity contribution in [2.45, 2.75) is 30.3 Å². The van der Waals surface area contributed by atoms with E-state index in [-0.39, 0.29) is 11.0 Å². The number of carbonyl (C=O) groups excluding carboxylic acids is 1. The van der Waals surface area contributed by atoms with E-state index in [0.717, 1.165) is 12.0 Å². The maximum Gasteiger partial charge on any atom is 0.134 e. The maximum absolute atomic E-state index is 11.9. The summed E-state index contributed by atoms with van der Waals surface area (Å²) in [5.74, 6) is 0.847. The van der Waals surface area contributed by atoms with Crippen LogP contribution in [-0.4, -0.2) is 15.2 Å². The third-order valence-electron chi connectivity index (χ3n) is 2.72. The molecule has 0 aromatic heterocycles. The monoisotopic (exact) mass is 222 g/mol. The second-order valence-corrected chi connectivity index (χ2v) is 5.63. The van der Waals surface area contributed by atoms with Gasteiger partial charge in [-0.2, -0.15) is 0 Å². The first-order valence-electron chi connectivity index (χ1n) is 5.18. The van der Waals surface area contributed by atoms with E-state index in [2.05, 4.69) is 0 Å². The van der Waals surface area contributed by atoms with Crippen molar-refractivity contribution in [3.05, 3.63) is 35.9 Å². The summed E-state index contributed by atoms with van der Waals surface area (Å²) in [7, 11) is -0.888. The highest BCUT2D eigenvalue weighted by Crippen LogP contribution is 2.22. The van der Waals surface area contributed by atoms with Crippen LogP contribution in [0.3, 0.4) is 0 Å². The molecule has 1 aromatic rings. The van der Waals surface area contributed by atoms with Gasteiger partial charge in [-0.05, 0) is 12.0 Å². The van der Waals surface area contributed by atoms with Gasteiger partial charge in [0.05, 0.1) is 0 Å². The molecule has 2 atom stereocenters. The summed E-state index contributed by atoms with van der Waals surface area (Å²) in [5.41, 5.74) is 1.09. The van der Waals surface area contributed by atoms with Gasteiger partial charge >= 0.3 is 0 Å². The number of hydrogen-bond acceptors (Lipinski definition) is 2. The predicted molar refractivity (Wildman–Crippen MR) is 60.9 cm³/mol. The molecule has 0 amide bonds. The van der Waals surface area contributed by atoms with Crippen molar-refractivity contribution >= 4 is 16.6 Å². The highest BCUT2D eigenvalue weighted by Gasteiger charge is 2.26. The Bertz CT molecular complexity index is 372. The molecule has 0 radical (unpaired) electrons. The molecule has 0 spiro atoms. The van der Waals surface area contributed by atoms with Gasteiger partial charge in [0, 0.05) is 34.6 Å². The summed E-state index contributed by atoms with van der Waals surface area (Å²) >= 11 is 0. The molecular formula is C12H14O2S. The molecule has 2 nitrogen and oxygen atoms in total. The van der Waals surface area contributed by atoms with Gasteiger partial charge in [0.2, 0.25) is 0 Å². The number of hydrogen-bond donors (Lipinski definition) is 0. The number of carbonyl (C=O) groups is 1. The van der Waals surface area contributed by atoms with Gasteiger partial charge in [-0.3, -0.25) is 9.00 Å². The molecule has 3 heteroatoms. The molecule has 80 valence electrons. The standard InChI is InChI=1S/C12H14O2S/c13-11-6-7-12(8-11)15(14)9-10-4-2-1-3-5-10/h1-5,12H,6-9H2. The molecule has 1 saturated carbocycles. The van der Waals surface area contributed by atoms with E-state index in [9.17, 15) is 9.00 Å². The van der Waals surface area contributed by atoms with Crippen LogP contribution in [0.5, 0.6) is 0 Å². The van der Waals surface area contributed by atoms with Crippen LogP contribution in [0.15, 0.2) is 30.3 Å². The van der Waals surface area contributed by atoms with Crippen LogP contribution in [-0.2, 0) is 21.3 Å². The molecule has 0 heterocycles. The van der Waals surface area contributed by atoms with E-state index in [1.54, 1.807) is 0 Å². The van der Waals surface area contributed by atoms with Gasteiger partial charge in [0.25, 0.3) is 0 Å². The molecule has 1 aromatic carbocycles. The van der Waals surface area contributed by atoms with Gasteiger partial charge < -0.3 is 0 Å². The third-order valence-corrected chi connectivity index (χ3v) is 4.49. The summed E-state index contributed by atoms with van der Waals surface area (Å²) in [5, 5.41) is 0.0951. The van der Waals surface area contributed by atoms with Crippen LogP contribution in [0, 0.1) is 0 Å². The third kappa shape index (κ3) is 2.75. The molecule has 0 bridgehead atoms. The second kappa shape index (κ2) is 4.71. The largest absolute Gasteiger partial charge is 0.300 e. The van der Waals surface area contributed by atoms with E-state index in [4.69, 9.17) is 0 Å². The smallest absolute Gasteiger partial charge is 0.134 e. The Morgan fingerprint density at radius 3 is 2.60 bits per heavy atom. The zero-order chi connectivity index (χ0) is 10.7. The van der Waals surface area contributed by atoms with Gasteiger partial charge in [0.1, 0.15) is 5.78 Å². The van der Waals surface area contributed by atoms with Gasteiger partial charge in [-0.15, -0.1) is 0 Å². The highest BCUT2D eigenvalue weighted by atomic mass is 32.2. The summed E-state index contributed by atoms with van der Waals surface area (Å²) < 4.78 is 11.9. The molecule has 2 rings (SSSR count). The molecule has 2 unspecified atom stereocenters. The Morgan fingerprint density at radius 1 is 1.27 bits per heavy atom. The fourth-order valence-electron chi connectivity index (χ4n) is 1.86. The fourth-order valence-corrected chi connectivity index (χ4v) is 3.37. The minimum Gasteiger partial charge on any atom is -0.300 e. The Labute approximate surface area is 92.2 Å². The highest BCUT2D eigenvalue weighted by molar-refractivity contribution is 7.84. The zero-order valence-electron chi connectivity index (χ0n) is 8.52. The van der Waals surface area contributed by atoms with Crippen molar-refractivity contribution in [1.29, 1.82) is 0 Å². The number of Topliss-reactive ketones (excluding diaryl/α,β-unsaturated/α-hetero) is 1. The Hall–Kier alpha value is -0.960. The average Bonchev–Trinajstić information content (AvgIpc) is 2.66. The van der Waals surface area contributed by atoms with Crippen molar-refractivity contribution in [1.82, 2.24) is 0 Å². The van der Waals surface area contributed by atoms with Crippen molar-refractivity contribution in [2.24, 2.45) is 0 Å². The molecular weight excluding hydrogens is 208 g/mol. The van der Waals surface area contributed by atoms with Crippen LogP contribution in [0.2, 0.25) is 0 Å². The second-order valence-electron chi connectivity index (χ2n) is 3.91. The van der Waals surface area contributed by atoms with Crippen molar-refractivity contribution < 1.29 is 9.00 Å². The minimum absolute atomic E-state index is 0.0951. The lowest BCUT2D eigenvalue weighted by atomic mass is 10.2. The van der Waals surface area contributed by atoms with E-state index in [0.29, 0.717) is 18.6 Å². The summed E-state index contributed by atoms with van der Waals surface area (Å²) in [4.78, 5) is 11.1. The Kier molecular flexibility index (Phi) is 3.31. The van der Waals surface area contributed by atoms with Crippen LogP contribution in [0.25, 0.3) is 0 Å². The van der Waals surface area contributed by atoms with Crippen molar-refractivity contribution in [3.8, 4) is 0 Å². The predicted octanol–water partition coefficient (Wildman–Crippen LogP) is 2.06. The molecule has 1 aliphatic rings. The topological polar surface area (TPSA) is 34.1 Å². The normalized spacial score (nSPS) is 22.9. The van der Waals surface area contributed by atoms with E-state index in [1.807, 2.05) is 30.3 Å². The fraction of sp³-hybridized carbons (Fsp3) is 0.417. The first-order chi connectivity index (χ1) is 7.25. The SMILES string of the molecule is O=C1CCC(S(=O)Cc2ccccc2)C1. The molecule has 1 aliphatic carbocycles. The molecule has 15 heavy (non-hydrogen) atoms. The van der Waals surface area contributed by atoms with Gasteiger partial charge in [0.15, 0.2) is 0 Å². The molecule has 0 N–H and O–H groups in total. The zero-order valence-corrected chi connectivity index (χ0v) is 9.33. The number of benzene rings is 1. The summed E-state index contributed by atoms with van der Waals surface area (Å²) in [6, 6.07) is 9.81. The lowest BCUT2D eigenvalue weighted by molar-refractivity contribution is -0.117. The average molecular weight is 222 g/mol. The number of rotatable bonds is 3. The summed E-state index contributed by atoms with van der Waals surface area (Å²) in [6.45, 7) is 0.